The van der Waals surface area contributed by atoms with Crippen LogP contribution < -0.4 is 4.90 Å². The van der Waals surface area contributed by atoms with E-state index in [4.69, 9.17) is 28.0 Å². The van der Waals surface area contributed by atoms with Crippen LogP contribution in [0.1, 0.15) is 37.3 Å². The van der Waals surface area contributed by atoms with Crippen LogP contribution in [0, 0.1) is 10.1 Å². The van der Waals surface area contributed by atoms with Crippen LogP contribution in [0.5, 0.6) is 0 Å². The van der Waals surface area contributed by atoms with Crippen molar-refractivity contribution in [2.75, 3.05) is 4.90 Å². The molecule has 0 aromatic heterocycles. The maximum atomic E-state index is 13.0. The number of anilines is 1. The molecular weight excluding hydrogens is 433 g/mol. The van der Waals surface area contributed by atoms with Gasteiger partial charge in [-0.1, -0.05) is 47.8 Å². The third-order valence-corrected chi connectivity index (χ3v) is 5.09. The average Bonchev–Trinajstić information content (AvgIpc) is 2.97. The molecule has 10 heteroatoms. The molecule has 3 rings (SSSR count). The zero-order valence-corrected chi connectivity index (χ0v) is 17.4. The molecule has 0 bridgehead atoms. The molecule has 2 aromatic rings. The van der Waals surface area contributed by atoms with E-state index in [1.807, 2.05) is 6.92 Å². The average molecular weight is 450 g/mol. The number of hydrogen-bond donors (Lipinski definition) is 0. The highest BCUT2D eigenvalue weighted by atomic mass is 35.5. The Kier molecular flexibility index (Phi) is 6.69. The lowest BCUT2D eigenvalue weighted by molar-refractivity contribution is -0.384. The summed E-state index contributed by atoms with van der Waals surface area (Å²) in [7, 11) is 0. The van der Waals surface area contributed by atoms with E-state index in [2.05, 4.69) is 5.16 Å². The fourth-order valence-electron chi connectivity index (χ4n) is 2.94. The lowest BCUT2D eigenvalue weighted by Gasteiger charge is -2.17. The monoisotopic (exact) mass is 449 g/mol. The standard InChI is InChI=1S/C20H17Cl2N3O5/c1-2-3-4-18(26)30-23-19-15-10-14(25(28)29)7-8-17(15)24(20(19)27)11-12-5-6-13(21)9-16(12)22/h5-10H,2-4,11H2,1H3/b23-19-. The van der Waals surface area contributed by atoms with Gasteiger partial charge in [-0.3, -0.25) is 14.9 Å². The molecule has 1 aliphatic rings. The van der Waals surface area contributed by atoms with Gasteiger partial charge in [0.1, 0.15) is 0 Å². The molecule has 0 unspecified atom stereocenters. The molecule has 1 amide bonds. The summed E-state index contributed by atoms with van der Waals surface area (Å²) < 4.78 is 0. The number of carbonyl (C=O) groups is 2. The quantitative estimate of drug-likeness (QED) is 0.340. The predicted molar refractivity (Wildman–Crippen MR) is 113 cm³/mol. The first-order valence-electron chi connectivity index (χ1n) is 9.14. The maximum Gasteiger partial charge on any atom is 0.335 e. The van der Waals surface area contributed by atoms with E-state index in [1.165, 1.54) is 23.1 Å². The van der Waals surface area contributed by atoms with Crippen LogP contribution in [0.4, 0.5) is 11.4 Å². The van der Waals surface area contributed by atoms with Crippen molar-refractivity contribution in [2.24, 2.45) is 5.16 Å². The number of unbranched alkanes of at least 4 members (excludes halogenated alkanes) is 1. The van der Waals surface area contributed by atoms with Gasteiger partial charge in [0, 0.05) is 34.2 Å². The van der Waals surface area contributed by atoms with E-state index in [1.54, 1.807) is 18.2 Å². The third-order valence-electron chi connectivity index (χ3n) is 4.50. The van der Waals surface area contributed by atoms with Crippen molar-refractivity contribution in [3.8, 4) is 0 Å². The number of fused-ring (bicyclic) bond motifs is 1. The Bertz CT molecular complexity index is 1050. The van der Waals surface area contributed by atoms with Crippen LogP contribution >= 0.6 is 23.2 Å². The van der Waals surface area contributed by atoms with Gasteiger partial charge >= 0.3 is 5.97 Å². The van der Waals surface area contributed by atoms with Crippen molar-refractivity contribution < 1.29 is 19.3 Å². The summed E-state index contributed by atoms with van der Waals surface area (Å²) in [6.45, 7) is 2.01. The van der Waals surface area contributed by atoms with Crippen molar-refractivity contribution in [2.45, 2.75) is 32.7 Å². The van der Waals surface area contributed by atoms with Crippen molar-refractivity contribution in [3.63, 3.8) is 0 Å². The van der Waals surface area contributed by atoms with E-state index in [0.29, 0.717) is 27.7 Å². The van der Waals surface area contributed by atoms with E-state index in [0.717, 1.165) is 6.42 Å². The van der Waals surface area contributed by atoms with Crippen LogP contribution in [0.15, 0.2) is 41.6 Å². The number of non-ortho nitro benzene ring substituents is 1. The second kappa shape index (κ2) is 9.23. The van der Waals surface area contributed by atoms with Crippen LogP contribution in [-0.2, 0) is 21.0 Å². The summed E-state index contributed by atoms with van der Waals surface area (Å²) >= 11 is 12.2. The molecule has 8 nitrogen and oxygen atoms in total. The van der Waals surface area contributed by atoms with E-state index in [-0.39, 0.29) is 29.9 Å². The van der Waals surface area contributed by atoms with Crippen LogP contribution in [-0.4, -0.2) is 22.5 Å². The summed E-state index contributed by atoms with van der Waals surface area (Å²) in [5.41, 5.74) is 0.851. The maximum absolute atomic E-state index is 13.0. The van der Waals surface area contributed by atoms with E-state index < -0.39 is 16.8 Å². The van der Waals surface area contributed by atoms with Crippen molar-refractivity contribution in [3.05, 3.63) is 67.7 Å². The molecule has 2 aromatic carbocycles. The summed E-state index contributed by atoms with van der Waals surface area (Å²) in [6, 6.07) is 8.86. The number of rotatable bonds is 7. The molecule has 0 saturated heterocycles. The second-order valence-electron chi connectivity index (χ2n) is 6.59. The Labute approximate surface area is 182 Å². The first-order valence-corrected chi connectivity index (χ1v) is 9.89. The number of nitro benzene ring substituents is 1. The van der Waals surface area contributed by atoms with Gasteiger partial charge in [0.15, 0.2) is 5.71 Å². The smallest absolute Gasteiger partial charge is 0.317 e. The second-order valence-corrected chi connectivity index (χ2v) is 7.44. The number of amides is 1. The largest absolute Gasteiger partial charge is 0.335 e. The van der Waals surface area contributed by atoms with Gasteiger partial charge in [-0.15, -0.1) is 0 Å². The van der Waals surface area contributed by atoms with Crippen LogP contribution in [0.2, 0.25) is 10.0 Å². The minimum Gasteiger partial charge on any atom is -0.317 e. The zero-order valence-electron chi connectivity index (χ0n) is 15.9. The van der Waals surface area contributed by atoms with Crippen molar-refractivity contribution in [1.82, 2.24) is 0 Å². The molecule has 30 heavy (non-hydrogen) atoms. The molecule has 0 aliphatic carbocycles. The molecule has 0 saturated carbocycles. The molecule has 1 heterocycles. The van der Waals surface area contributed by atoms with Gasteiger partial charge in [-0.25, -0.2) is 4.79 Å². The van der Waals surface area contributed by atoms with Gasteiger partial charge < -0.3 is 9.74 Å². The van der Waals surface area contributed by atoms with E-state index >= 15 is 0 Å². The first kappa shape index (κ1) is 21.7. The predicted octanol–water partition coefficient (Wildman–Crippen LogP) is 4.89. The summed E-state index contributed by atoms with van der Waals surface area (Å²) in [4.78, 5) is 41.7. The fourth-order valence-corrected chi connectivity index (χ4v) is 3.41. The Morgan fingerprint density at radius 1 is 1.23 bits per heavy atom. The summed E-state index contributed by atoms with van der Waals surface area (Å²) in [6.07, 6.45) is 1.59. The molecule has 1 aliphatic heterocycles. The lowest BCUT2D eigenvalue weighted by Crippen LogP contribution is -2.30. The summed E-state index contributed by atoms with van der Waals surface area (Å²) in [5.74, 6) is -1.14. The Morgan fingerprint density at radius 3 is 2.67 bits per heavy atom. The van der Waals surface area contributed by atoms with Gasteiger partial charge in [0.25, 0.3) is 11.6 Å². The molecule has 0 atom stereocenters. The van der Waals surface area contributed by atoms with Crippen molar-refractivity contribution in [1.29, 1.82) is 0 Å². The number of nitro groups is 1. The minimum atomic E-state index is -0.580. The lowest BCUT2D eigenvalue weighted by atomic mass is 10.1. The van der Waals surface area contributed by atoms with Gasteiger partial charge in [-0.05, 0) is 30.2 Å². The fraction of sp³-hybridized carbons (Fsp3) is 0.250. The van der Waals surface area contributed by atoms with Gasteiger partial charge in [-0.2, -0.15) is 0 Å². The highest BCUT2D eigenvalue weighted by Crippen LogP contribution is 2.35. The number of nitrogens with zero attached hydrogens (tertiary/aromatic N) is 3. The molecule has 0 fully saturated rings. The number of carbonyl (C=O) groups excluding carboxylic acids is 2. The topological polar surface area (TPSA) is 102 Å². The minimum absolute atomic E-state index is 0.0858. The van der Waals surface area contributed by atoms with Crippen LogP contribution in [0.3, 0.4) is 0 Å². The number of benzene rings is 2. The SMILES string of the molecule is CCCCC(=O)O/N=C1\C(=O)N(Cc2ccc(Cl)cc2Cl)c2ccc([N+](=O)[O-])cc21. The Hall–Kier alpha value is -2.97. The molecule has 156 valence electrons. The number of halogens is 2. The summed E-state index contributed by atoms with van der Waals surface area (Å²) in [5, 5.41) is 15.7. The molecule has 0 radical (unpaired) electrons. The normalized spacial score (nSPS) is 14.2. The van der Waals surface area contributed by atoms with Gasteiger partial charge in [0.2, 0.25) is 0 Å². The highest BCUT2D eigenvalue weighted by molar-refractivity contribution is 6.54. The number of hydrogen-bond acceptors (Lipinski definition) is 6. The third kappa shape index (κ3) is 4.60. The zero-order chi connectivity index (χ0) is 21.8. The molecular formula is C20H17Cl2N3O5. The van der Waals surface area contributed by atoms with E-state index in [9.17, 15) is 19.7 Å². The number of oxime groups is 1. The first-order chi connectivity index (χ1) is 14.3. The highest BCUT2D eigenvalue weighted by Gasteiger charge is 2.36. The molecule has 0 N–H and O–H groups in total. The Balaban J connectivity index is 1.97. The van der Waals surface area contributed by atoms with Crippen LogP contribution in [0.25, 0.3) is 0 Å². The van der Waals surface area contributed by atoms with Gasteiger partial charge in [0.05, 0.1) is 17.2 Å². The molecule has 0 spiro atoms. The van der Waals surface area contributed by atoms with Crippen molar-refractivity contribution >= 4 is 52.2 Å². The Morgan fingerprint density at radius 2 is 2.00 bits per heavy atom.